The molecule has 90 valence electrons. The van der Waals surface area contributed by atoms with E-state index >= 15 is 0 Å². The van der Waals surface area contributed by atoms with Gasteiger partial charge in [0.1, 0.15) is 0 Å². The fourth-order valence-corrected chi connectivity index (χ4v) is 1.54. The summed E-state index contributed by atoms with van der Waals surface area (Å²) in [5.41, 5.74) is 5.56. The second-order valence-corrected chi connectivity index (χ2v) is 4.18. The molecule has 0 fully saturated rings. The third-order valence-electron chi connectivity index (χ3n) is 2.62. The molecule has 1 aromatic rings. The zero-order chi connectivity index (χ0) is 12.0. The Morgan fingerprint density at radius 1 is 1.56 bits per heavy atom. The maximum absolute atomic E-state index is 11.7. The van der Waals surface area contributed by atoms with Crippen LogP contribution in [-0.4, -0.2) is 28.5 Å². The number of hydrogen-bond donors (Lipinski definition) is 2. The summed E-state index contributed by atoms with van der Waals surface area (Å²) in [6.07, 6.45) is 5.32. The van der Waals surface area contributed by atoms with E-state index in [2.05, 4.69) is 10.3 Å². The topological polar surface area (TPSA) is 72.9 Å². The van der Waals surface area contributed by atoms with Gasteiger partial charge in [0.25, 0.3) is 0 Å². The number of carbonyl (C=O) groups excluding carboxylic acids is 1. The number of nitrogens with two attached hydrogens (primary N) is 1. The van der Waals surface area contributed by atoms with Gasteiger partial charge in [0.15, 0.2) is 0 Å². The van der Waals surface area contributed by atoms with Crippen molar-refractivity contribution >= 4 is 5.91 Å². The molecule has 0 aliphatic carbocycles. The van der Waals surface area contributed by atoms with Crippen LogP contribution in [0.25, 0.3) is 0 Å². The van der Waals surface area contributed by atoms with Crippen LogP contribution in [0.3, 0.4) is 0 Å². The first kappa shape index (κ1) is 12.7. The van der Waals surface area contributed by atoms with Crippen molar-refractivity contribution in [1.29, 1.82) is 0 Å². The average Bonchev–Trinajstić information content (AvgIpc) is 2.71. The Labute approximate surface area is 96.0 Å². The smallest absolute Gasteiger partial charge is 0.224 e. The van der Waals surface area contributed by atoms with Crippen LogP contribution in [-0.2, 0) is 11.3 Å². The molecule has 1 unspecified atom stereocenters. The average molecular weight is 224 g/mol. The van der Waals surface area contributed by atoms with E-state index in [1.807, 2.05) is 24.6 Å². The molecule has 5 heteroatoms. The summed E-state index contributed by atoms with van der Waals surface area (Å²) in [6, 6.07) is 0. The number of aromatic nitrogens is 2. The summed E-state index contributed by atoms with van der Waals surface area (Å²) >= 11 is 0. The number of nitrogens with zero attached hydrogens (tertiary/aromatic N) is 2. The van der Waals surface area contributed by atoms with Gasteiger partial charge in [-0.1, -0.05) is 13.8 Å². The molecule has 5 nitrogen and oxygen atoms in total. The van der Waals surface area contributed by atoms with E-state index in [1.54, 1.807) is 12.5 Å². The number of hydrogen-bond acceptors (Lipinski definition) is 3. The molecule has 0 radical (unpaired) electrons. The number of amides is 1. The van der Waals surface area contributed by atoms with Gasteiger partial charge < -0.3 is 15.6 Å². The molecule has 1 atom stereocenters. The molecule has 1 amide bonds. The molecule has 1 rings (SSSR count). The Hall–Kier alpha value is -1.36. The first-order chi connectivity index (χ1) is 7.65. The SMILES string of the molecule is CC(C)C(CN)C(=O)NCCn1ccnc1. The number of imidazole rings is 1. The number of nitrogens with one attached hydrogen (secondary N) is 1. The Morgan fingerprint density at radius 3 is 2.81 bits per heavy atom. The van der Waals surface area contributed by atoms with E-state index in [4.69, 9.17) is 5.73 Å². The molecule has 0 aliphatic heterocycles. The lowest BCUT2D eigenvalue weighted by Gasteiger charge is -2.18. The Morgan fingerprint density at radius 2 is 2.31 bits per heavy atom. The van der Waals surface area contributed by atoms with Gasteiger partial charge >= 0.3 is 0 Å². The van der Waals surface area contributed by atoms with E-state index < -0.39 is 0 Å². The van der Waals surface area contributed by atoms with Crippen LogP contribution in [0.5, 0.6) is 0 Å². The van der Waals surface area contributed by atoms with Crippen LogP contribution in [0.1, 0.15) is 13.8 Å². The fraction of sp³-hybridized carbons (Fsp3) is 0.636. The van der Waals surface area contributed by atoms with Crippen molar-refractivity contribution in [3.63, 3.8) is 0 Å². The molecule has 1 heterocycles. The van der Waals surface area contributed by atoms with Crippen molar-refractivity contribution < 1.29 is 4.79 Å². The highest BCUT2D eigenvalue weighted by atomic mass is 16.1. The minimum atomic E-state index is -0.0946. The van der Waals surface area contributed by atoms with Crippen molar-refractivity contribution in [2.45, 2.75) is 20.4 Å². The second kappa shape index (κ2) is 6.27. The lowest BCUT2D eigenvalue weighted by atomic mass is 9.95. The molecule has 0 saturated heterocycles. The van der Waals surface area contributed by atoms with Gasteiger partial charge in [-0.05, 0) is 5.92 Å². The van der Waals surface area contributed by atoms with Gasteiger partial charge in [-0.2, -0.15) is 0 Å². The van der Waals surface area contributed by atoms with Crippen LogP contribution < -0.4 is 11.1 Å². The minimum absolute atomic E-state index is 0.0395. The Bertz CT molecular complexity index is 308. The van der Waals surface area contributed by atoms with E-state index in [-0.39, 0.29) is 17.7 Å². The van der Waals surface area contributed by atoms with Crippen molar-refractivity contribution in [3.8, 4) is 0 Å². The molecule has 0 aliphatic rings. The highest BCUT2D eigenvalue weighted by Crippen LogP contribution is 2.08. The summed E-state index contributed by atoms with van der Waals surface area (Å²) in [5, 5.41) is 2.89. The van der Waals surface area contributed by atoms with Gasteiger partial charge in [0, 0.05) is 32.0 Å². The highest BCUT2D eigenvalue weighted by molar-refractivity contribution is 5.79. The van der Waals surface area contributed by atoms with Crippen molar-refractivity contribution in [2.75, 3.05) is 13.1 Å². The molecule has 3 N–H and O–H groups in total. The third-order valence-corrected chi connectivity index (χ3v) is 2.62. The quantitative estimate of drug-likeness (QED) is 0.726. The number of carbonyl (C=O) groups is 1. The first-order valence-corrected chi connectivity index (χ1v) is 5.58. The largest absolute Gasteiger partial charge is 0.354 e. The van der Waals surface area contributed by atoms with Gasteiger partial charge in [0.2, 0.25) is 5.91 Å². The van der Waals surface area contributed by atoms with Crippen LogP contribution in [0, 0.1) is 11.8 Å². The zero-order valence-electron chi connectivity index (χ0n) is 9.89. The summed E-state index contributed by atoms with van der Waals surface area (Å²) in [7, 11) is 0. The summed E-state index contributed by atoms with van der Waals surface area (Å²) in [6.45, 7) is 5.76. The van der Waals surface area contributed by atoms with E-state index in [0.29, 0.717) is 13.1 Å². The Kier molecular flexibility index (Phi) is 4.98. The summed E-state index contributed by atoms with van der Waals surface area (Å²) in [5.74, 6) is 0.221. The predicted octanol–water partition coefficient (Wildman–Crippen LogP) is 0.230. The van der Waals surface area contributed by atoms with E-state index in [1.165, 1.54) is 0 Å². The van der Waals surface area contributed by atoms with Crippen molar-refractivity contribution in [2.24, 2.45) is 17.6 Å². The number of rotatable bonds is 6. The summed E-state index contributed by atoms with van der Waals surface area (Å²) < 4.78 is 1.92. The maximum Gasteiger partial charge on any atom is 0.224 e. The Balaban J connectivity index is 2.29. The van der Waals surface area contributed by atoms with Gasteiger partial charge in [-0.25, -0.2) is 4.98 Å². The van der Waals surface area contributed by atoms with Crippen molar-refractivity contribution in [1.82, 2.24) is 14.9 Å². The molecule has 0 saturated carbocycles. The van der Waals surface area contributed by atoms with E-state index in [0.717, 1.165) is 6.54 Å². The molecule has 0 aromatic carbocycles. The highest BCUT2D eigenvalue weighted by Gasteiger charge is 2.19. The van der Waals surface area contributed by atoms with Gasteiger partial charge in [-0.15, -0.1) is 0 Å². The fourth-order valence-electron chi connectivity index (χ4n) is 1.54. The van der Waals surface area contributed by atoms with Gasteiger partial charge in [0.05, 0.1) is 12.2 Å². The van der Waals surface area contributed by atoms with Crippen LogP contribution in [0.2, 0.25) is 0 Å². The van der Waals surface area contributed by atoms with Crippen LogP contribution in [0.15, 0.2) is 18.7 Å². The van der Waals surface area contributed by atoms with Crippen molar-refractivity contribution in [3.05, 3.63) is 18.7 Å². The molecule has 0 spiro atoms. The monoisotopic (exact) mass is 224 g/mol. The summed E-state index contributed by atoms with van der Waals surface area (Å²) in [4.78, 5) is 15.7. The zero-order valence-corrected chi connectivity index (χ0v) is 9.89. The normalized spacial score (nSPS) is 12.8. The van der Waals surface area contributed by atoms with Crippen LogP contribution in [0.4, 0.5) is 0 Å². The minimum Gasteiger partial charge on any atom is -0.354 e. The van der Waals surface area contributed by atoms with Crippen LogP contribution >= 0.6 is 0 Å². The standard InChI is InChI=1S/C11H20N4O/c1-9(2)10(7-12)11(16)14-4-6-15-5-3-13-8-15/h3,5,8-10H,4,6-7,12H2,1-2H3,(H,14,16). The molecular formula is C11H20N4O. The van der Waals surface area contributed by atoms with Gasteiger partial charge in [-0.3, -0.25) is 4.79 Å². The predicted molar refractivity (Wildman–Crippen MR) is 62.6 cm³/mol. The molecule has 16 heavy (non-hydrogen) atoms. The second-order valence-electron chi connectivity index (χ2n) is 4.18. The molecular weight excluding hydrogens is 204 g/mol. The lowest BCUT2D eigenvalue weighted by Crippen LogP contribution is -2.39. The molecule has 1 aromatic heterocycles. The maximum atomic E-state index is 11.7. The third kappa shape index (κ3) is 3.66. The van der Waals surface area contributed by atoms with E-state index in [9.17, 15) is 4.79 Å². The molecule has 0 bridgehead atoms. The first-order valence-electron chi connectivity index (χ1n) is 5.58. The lowest BCUT2D eigenvalue weighted by molar-refractivity contribution is -0.125.